The van der Waals surface area contributed by atoms with Crippen molar-refractivity contribution >= 4 is 16.0 Å². The van der Waals surface area contributed by atoms with Crippen molar-refractivity contribution in [1.82, 2.24) is 5.32 Å². The molecule has 2 atom stereocenters. The van der Waals surface area contributed by atoms with E-state index in [-0.39, 0.29) is 12.5 Å². The molecule has 1 N–H and O–H groups in total. The van der Waals surface area contributed by atoms with E-state index in [1.807, 2.05) is 0 Å². The van der Waals surface area contributed by atoms with E-state index in [1.165, 1.54) is 0 Å². The first-order chi connectivity index (χ1) is 5.97. The second kappa shape index (κ2) is 3.47. The van der Waals surface area contributed by atoms with Gasteiger partial charge in [0.1, 0.15) is 0 Å². The van der Waals surface area contributed by atoms with Crippen molar-refractivity contribution < 1.29 is 17.4 Å². The second-order valence-corrected chi connectivity index (χ2v) is 4.62. The third kappa shape index (κ3) is 2.07. The van der Waals surface area contributed by atoms with E-state index < -0.39 is 21.4 Å². The first kappa shape index (κ1) is 10.2. The topological polar surface area (TPSA) is 72.5 Å². The molecule has 2 unspecified atom stereocenters. The molecule has 5 nitrogen and oxygen atoms in total. The van der Waals surface area contributed by atoms with Gasteiger partial charge in [-0.2, -0.15) is 8.42 Å². The number of hydrogen-bond acceptors (Lipinski definition) is 4. The van der Waals surface area contributed by atoms with Crippen LogP contribution in [-0.4, -0.2) is 26.3 Å². The quantitative estimate of drug-likeness (QED) is 0.492. The Morgan fingerprint density at radius 3 is 2.69 bits per heavy atom. The summed E-state index contributed by atoms with van der Waals surface area (Å²) in [6, 6.07) is 0. The fourth-order valence-corrected chi connectivity index (χ4v) is 2.52. The van der Waals surface area contributed by atoms with Crippen LogP contribution in [0.3, 0.4) is 0 Å². The van der Waals surface area contributed by atoms with Crippen LogP contribution in [0.5, 0.6) is 0 Å². The molecule has 0 aromatic heterocycles. The maximum atomic E-state index is 11.2. The molecule has 1 amide bonds. The van der Waals surface area contributed by atoms with Crippen LogP contribution in [0.25, 0.3) is 0 Å². The standard InChI is InChI=1S/C7H11NO4S/c1-3-6(9)8-7-5(2)4-12-13(7,10)11/h3,5,7H,1,4H2,2H3,(H,8,9). The van der Waals surface area contributed by atoms with Gasteiger partial charge in [-0.1, -0.05) is 13.5 Å². The Bertz CT molecular complexity index is 321. The fourth-order valence-electron chi connectivity index (χ4n) is 1.06. The molecular formula is C7H11NO4S. The summed E-state index contributed by atoms with van der Waals surface area (Å²) in [6.45, 7) is 5.04. The maximum Gasteiger partial charge on any atom is 0.289 e. The molecule has 0 aliphatic carbocycles. The first-order valence-electron chi connectivity index (χ1n) is 3.78. The fraction of sp³-hybridized carbons (Fsp3) is 0.571. The second-order valence-electron chi connectivity index (χ2n) is 2.89. The highest BCUT2D eigenvalue weighted by atomic mass is 32.2. The summed E-state index contributed by atoms with van der Waals surface area (Å²) in [5.41, 5.74) is 0. The molecule has 13 heavy (non-hydrogen) atoms. The predicted molar refractivity (Wildman–Crippen MR) is 46.2 cm³/mol. The number of hydrogen-bond donors (Lipinski definition) is 1. The van der Waals surface area contributed by atoms with Gasteiger partial charge in [-0.05, 0) is 6.08 Å². The van der Waals surface area contributed by atoms with Gasteiger partial charge in [0.15, 0.2) is 5.37 Å². The van der Waals surface area contributed by atoms with Crippen LogP contribution < -0.4 is 5.32 Å². The minimum Gasteiger partial charge on any atom is -0.334 e. The summed E-state index contributed by atoms with van der Waals surface area (Å²) >= 11 is 0. The zero-order valence-electron chi connectivity index (χ0n) is 7.19. The average Bonchev–Trinajstić information content (AvgIpc) is 2.31. The van der Waals surface area contributed by atoms with Crippen molar-refractivity contribution in [2.45, 2.75) is 12.3 Å². The van der Waals surface area contributed by atoms with Crippen molar-refractivity contribution in [2.24, 2.45) is 5.92 Å². The molecule has 1 aliphatic rings. The van der Waals surface area contributed by atoms with E-state index in [4.69, 9.17) is 0 Å². The molecule has 0 bridgehead atoms. The highest BCUT2D eigenvalue weighted by Crippen LogP contribution is 2.21. The van der Waals surface area contributed by atoms with Crippen molar-refractivity contribution in [3.05, 3.63) is 12.7 Å². The normalized spacial score (nSPS) is 31.2. The van der Waals surface area contributed by atoms with Gasteiger partial charge in [0, 0.05) is 5.92 Å². The Balaban J connectivity index is 2.77. The summed E-state index contributed by atoms with van der Waals surface area (Å²) in [5, 5.41) is 1.35. The smallest absolute Gasteiger partial charge is 0.289 e. The Hall–Kier alpha value is -0.880. The Labute approximate surface area is 76.9 Å². The lowest BCUT2D eigenvalue weighted by molar-refractivity contribution is -0.116. The van der Waals surface area contributed by atoms with Gasteiger partial charge in [-0.15, -0.1) is 0 Å². The molecule has 0 spiro atoms. The number of rotatable bonds is 2. The van der Waals surface area contributed by atoms with Crippen molar-refractivity contribution in [3.8, 4) is 0 Å². The van der Waals surface area contributed by atoms with Crippen LogP contribution in [0.4, 0.5) is 0 Å². The molecule has 74 valence electrons. The molecule has 6 heteroatoms. The first-order valence-corrected chi connectivity index (χ1v) is 5.25. The third-order valence-corrected chi connectivity index (χ3v) is 3.46. The van der Waals surface area contributed by atoms with Crippen LogP contribution in [0.2, 0.25) is 0 Å². The average molecular weight is 205 g/mol. The van der Waals surface area contributed by atoms with Gasteiger partial charge in [-0.3, -0.25) is 8.98 Å². The Morgan fingerprint density at radius 1 is 1.69 bits per heavy atom. The van der Waals surface area contributed by atoms with Crippen LogP contribution in [0.15, 0.2) is 12.7 Å². The minimum absolute atomic E-state index is 0.115. The molecule has 0 radical (unpaired) electrons. The monoisotopic (exact) mass is 205 g/mol. The molecule has 1 saturated heterocycles. The molecular weight excluding hydrogens is 194 g/mol. The van der Waals surface area contributed by atoms with E-state index >= 15 is 0 Å². The van der Waals surface area contributed by atoms with E-state index in [0.29, 0.717) is 0 Å². The number of nitrogens with one attached hydrogen (secondary N) is 1. The molecule has 1 aliphatic heterocycles. The Kier molecular flexibility index (Phi) is 2.72. The van der Waals surface area contributed by atoms with Crippen LogP contribution in [0.1, 0.15) is 6.92 Å². The lowest BCUT2D eigenvalue weighted by atomic mass is 10.2. The molecule has 1 heterocycles. The largest absolute Gasteiger partial charge is 0.334 e. The summed E-state index contributed by atoms with van der Waals surface area (Å²) in [5.74, 6) is -0.736. The highest BCUT2D eigenvalue weighted by molar-refractivity contribution is 7.87. The number of amides is 1. The number of carbonyl (C=O) groups is 1. The van der Waals surface area contributed by atoms with Gasteiger partial charge < -0.3 is 5.32 Å². The van der Waals surface area contributed by atoms with Crippen LogP contribution >= 0.6 is 0 Å². The zero-order valence-corrected chi connectivity index (χ0v) is 8.00. The molecule has 0 aromatic carbocycles. The zero-order chi connectivity index (χ0) is 10.1. The van der Waals surface area contributed by atoms with E-state index in [2.05, 4.69) is 16.1 Å². The summed E-state index contributed by atoms with van der Waals surface area (Å²) in [4.78, 5) is 10.9. The molecule has 0 aromatic rings. The summed E-state index contributed by atoms with van der Waals surface area (Å²) in [6.07, 6.45) is 1.03. The maximum absolute atomic E-state index is 11.2. The lowest BCUT2D eigenvalue weighted by Crippen LogP contribution is -2.40. The molecule has 1 fully saturated rings. The van der Waals surface area contributed by atoms with Crippen molar-refractivity contribution in [3.63, 3.8) is 0 Å². The van der Waals surface area contributed by atoms with E-state index in [1.54, 1.807) is 6.92 Å². The number of carbonyl (C=O) groups excluding carboxylic acids is 1. The molecule has 0 saturated carbocycles. The summed E-state index contributed by atoms with van der Waals surface area (Å²) in [7, 11) is -3.62. The van der Waals surface area contributed by atoms with Crippen molar-refractivity contribution in [1.29, 1.82) is 0 Å². The Morgan fingerprint density at radius 2 is 2.31 bits per heavy atom. The highest BCUT2D eigenvalue weighted by Gasteiger charge is 2.39. The predicted octanol–water partition coefficient (Wildman–Crippen LogP) is -0.389. The van der Waals surface area contributed by atoms with Crippen LogP contribution in [-0.2, 0) is 19.1 Å². The van der Waals surface area contributed by atoms with Gasteiger partial charge in [0.05, 0.1) is 6.61 Å². The minimum atomic E-state index is -3.62. The van der Waals surface area contributed by atoms with Gasteiger partial charge >= 0.3 is 0 Å². The summed E-state index contributed by atoms with van der Waals surface area (Å²) < 4.78 is 26.8. The van der Waals surface area contributed by atoms with E-state index in [9.17, 15) is 13.2 Å². The van der Waals surface area contributed by atoms with Crippen molar-refractivity contribution in [2.75, 3.05) is 6.61 Å². The lowest BCUT2D eigenvalue weighted by Gasteiger charge is -2.12. The van der Waals surface area contributed by atoms with Gasteiger partial charge in [0.2, 0.25) is 5.91 Å². The van der Waals surface area contributed by atoms with Gasteiger partial charge in [0.25, 0.3) is 10.1 Å². The SMILES string of the molecule is C=CC(=O)NC1C(C)COS1(=O)=O. The van der Waals surface area contributed by atoms with Gasteiger partial charge in [-0.25, -0.2) is 0 Å². The van der Waals surface area contributed by atoms with E-state index in [0.717, 1.165) is 6.08 Å². The van der Waals surface area contributed by atoms with Crippen LogP contribution in [0, 0.1) is 5.92 Å². The third-order valence-electron chi connectivity index (χ3n) is 1.79. The molecule has 1 rings (SSSR count).